The monoisotopic (exact) mass is 273 g/mol. The number of nitrogens with zero attached hydrogens (tertiary/aromatic N) is 3. The Kier molecular flexibility index (Phi) is 3.90. The highest BCUT2D eigenvalue weighted by Crippen LogP contribution is 2.22. The lowest BCUT2D eigenvalue weighted by molar-refractivity contribution is 0.0677. The van der Waals surface area contributed by atoms with E-state index in [0.717, 1.165) is 38.3 Å². The van der Waals surface area contributed by atoms with Gasteiger partial charge in [-0.25, -0.2) is 0 Å². The van der Waals surface area contributed by atoms with Crippen LogP contribution in [0.25, 0.3) is 0 Å². The van der Waals surface area contributed by atoms with Gasteiger partial charge in [0.05, 0.1) is 0 Å². The summed E-state index contributed by atoms with van der Waals surface area (Å²) in [5, 5.41) is 0. The second-order valence-electron chi connectivity index (χ2n) is 6.09. The van der Waals surface area contributed by atoms with Crippen LogP contribution in [-0.2, 0) is 0 Å². The fraction of sp³-hybridized carbons (Fsp3) is 0.625. The van der Waals surface area contributed by atoms with E-state index in [4.69, 9.17) is 0 Å². The Labute approximate surface area is 120 Å². The number of amides is 1. The summed E-state index contributed by atoms with van der Waals surface area (Å²) < 4.78 is 0. The van der Waals surface area contributed by atoms with Crippen molar-refractivity contribution in [3.63, 3.8) is 0 Å². The lowest BCUT2D eigenvalue weighted by Crippen LogP contribution is -2.39. The predicted octanol–water partition coefficient (Wildman–Crippen LogP) is 2.55. The molecule has 0 aromatic carbocycles. The second kappa shape index (κ2) is 5.81. The molecule has 1 amide bonds. The van der Waals surface area contributed by atoms with Crippen LogP contribution in [-0.4, -0.2) is 42.0 Å². The van der Waals surface area contributed by atoms with E-state index >= 15 is 0 Å². The number of likely N-dealkylation sites (tertiary alicyclic amines) is 1. The maximum absolute atomic E-state index is 12.6. The van der Waals surface area contributed by atoms with Crippen molar-refractivity contribution in [2.24, 2.45) is 5.92 Å². The summed E-state index contributed by atoms with van der Waals surface area (Å²) >= 11 is 0. The van der Waals surface area contributed by atoms with Gasteiger partial charge in [-0.3, -0.25) is 9.78 Å². The van der Waals surface area contributed by atoms with Gasteiger partial charge in [-0.15, -0.1) is 0 Å². The standard InChI is InChI=1S/C16H23N3O/c1-13-5-4-10-19(12-13)16(20)15-11-14(6-7-17-15)18-8-2-3-9-18/h6-7,11,13H,2-5,8-10,12H2,1H3. The van der Waals surface area contributed by atoms with Crippen LogP contribution in [0.3, 0.4) is 0 Å². The molecule has 4 heteroatoms. The molecule has 2 saturated heterocycles. The molecule has 3 rings (SSSR count). The van der Waals surface area contributed by atoms with Crippen molar-refractivity contribution in [1.82, 2.24) is 9.88 Å². The molecule has 0 radical (unpaired) electrons. The number of hydrogen-bond acceptors (Lipinski definition) is 3. The molecule has 1 unspecified atom stereocenters. The van der Waals surface area contributed by atoms with Crippen LogP contribution < -0.4 is 4.90 Å². The smallest absolute Gasteiger partial charge is 0.272 e. The lowest BCUT2D eigenvalue weighted by atomic mass is 10.00. The minimum Gasteiger partial charge on any atom is -0.371 e. The SMILES string of the molecule is CC1CCCN(C(=O)c2cc(N3CCCC3)ccn2)C1. The van der Waals surface area contributed by atoms with Crippen molar-refractivity contribution >= 4 is 11.6 Å². The number of pyridine rings is 1. The topological polar surface area (TPSA) is 36.4 Å². The van der Waals surface area contributed by atoms with Gasteiger partial charge in [0.1, 0.15) is 5.69 Å². The van der Waals surface area contributed by atoms with E-state index in [1.54, 1.807) is 6.20 Å². The van der Waals surface area contributed by atoms with E-state index < -0.39 is 0 Å². The third-order valence-electron chi connectivity index (χ3n) is 4.38. The summed E-state index contributed by atoms with van der Waals surface area (Å²) in [5.41, 5.74) is 1.74. The molecule has 0 saturated carbocycles. The number of rotatable bonds is 2. The molecule has 0 spiro atoms. The van der Waals surface area contributed by atoms with Gasteiger partial charge in [0, 0.05) is 38.1 Å². The maximum atomic E-state index is 12.6. The molecule has 0 aliphatic carbocycles. The zero-order chi connectivity index (χ0) is 13.9. The van der Waals surface area contributed by atoms with Gasteiger partial charge in [0.25, 0.3) is 5.91 Å². The van der Waals surface area contributed by atoms with E-state index in [2.05, 4.69) is 16.8 Å². The molecule has 108 valence electrons. The van der Waals surface area contributed by atoms with Crippen LogP contribution in [0.15, 0.2) is 18.3 Å². The molecule has 1 aromatic rings. The van der Waals surface area contributed by atoms with Crippen LogP contribution >= 0.6 is 0 Å². The first-order valence-electron chi connectivity index (χ1n) is 7.74. The average molecular weight is 273 g/mol. The highest BCUT2D eigenvalue weighted by Gasteiger charge is 2.23. The lowest BCUT2D eigenvalue weighted by Gasteiger charge is -2.30. The minimum absolute atomic E-state index is 0.0950. The van der Waals surface area contributed by atoms with Crippen LogP contribution in [0, 0.1) is 5.92 Å². The van der Waals surface area contributed by atoms with Crippen molar-refractivity contribution in [3.8, 4) is 0 Å². The van der Waals surface area contributed by atoms with E-state index in [1.807, 2.05) is 17.0 Å². The van der Waals surface area contributed by atoms with Gasteiger partial charge in [0.2, 0.25) is 0 Å². The summed E-state index contributed by atoms with van der Waals surface area (Å²) in [5.74, 6) is 0.701. The maximum Gasteiger partial charge on any atom is 0.272 e. The zero-order valence-electron chi connectivity index (χ0n) is 12.2. The Morgan fingerprint density at radius 1 is 1.25 bits per heavy atom. The average Bonchev–Trinajstić information content (AvgIpc) is 3.01. The Balaban J connectivity index is 1.75. The highest BCUT2D eigenvalue weighted by molar-refractivity contribution is 5.93. The molecule has 2 aliphatic rings. The van der Waals surface area contributed by atoms with E-state index in [-0.39, 0.29) is 5.91 Å². The van der Waals surface area contributed by atoms with Gasteiger partial charge in [0.15, 0.2) is 0 Å². The van der Waals surface area contributed by atoms with Crippen molar-refractivity contribution in [2.45, 2.75) is 32.6 Å². The van der Waals surface area contributed by atoms with Crippen molar-refractivity contribution in [1.29, 1.82) is 0 Å². The zero-order valence-corrected chi connectivity index (χ0v) is 12.2. The molecule has 2 fully saturated rings. The molecule has 3 heterocycles. The highest BCUT2D eigenvalue weighted by atomic mass is 16.2. The van der Waals surface area contributed by atoms with E-state index in [0.29, 0.717) is 11.6 Å². The summed E-state index contributed by atoms with van der Waals surface area (Å²) in [7, 11) is 0. The third kappa shape index (κ3) is 2.79. The molecule has 4 nitrogen and oxygen atoms in total. The number of hydrogen-bond donors (Lipinski definition) is 0. The Hall–Kier alpha value is -1.58. The molecule has 1 aromatic heterocycles. The first-order chi connectivity index (χ1) is 9.74. The first kappa shape index (κ1) is 13.4. The summed E-state index contributed by atoms with van der Waals surface area (Å²) in [6.07, 6.45) is 6.60. The molecule has 2 aliphatic heterocycles. The van der Waals surface area contributed by atoms with E-state index in [1.165, 1.54) is 19.3 Å². The van der Waals surface area contributed by atoms with Crippen LogP contribution in [0.2, 0.25) is 0 Å². The summed E-state index contributed by atoms with van der Waals surface area (Å²) in [6.45, 7) is 6.15. The fourth-order valence-electron chi connectivity index (χ4n) is 3.24. The number of anilines is 1. The molecule has 0 bridgehead atoms. The number of carbonyl (C=O) groups is 1. The first-order valence-corrected chi connectivity index (χ1v) is 7.74. The Morgan fingerprint density at radius 2 is 2.05 bits per heavy atom. The second-order valence-corrected chi connectivity index (χ2v) is 6.09. The van der Waals surface area contributed by atoms with E-state index in [9.17, 15) is 4.79 Å². The number of carbonyl (C=O) groups excluding carboxylic acids is 1. The molecule has 1 atom stereocenters. The minimum atomic E-state index is 0.0950. The Morgan fingerprint density at radius 3 is 2.80 bits per heavy atom. The largest absolute Gasteiger partial charge is 0.371 e. The van der Waals surface area contributed by atoms with Crippen molar-refractivity contribution in [2.75, 3.05) is 31.1 Å². The molecular weight excluding hydrogens is 250 g/mol. The van der Waals surface area contributed by atoms with Crippen LogP contribution in [0.5, 0.6) is 0 Å². The van der Waals surface area contributed by atoms with Gasteiger partial charge in [-0.05, 0) is 43.7 Å². The van der Waals surface area contributed by atoms with Crippen LogP contribution in [0.4, 0.5) is 5.69 Å². The van der Waals surface area contributed by atoms with Gasteiger partial charge in [-0.1, -0.05) is 6.92 Å². The predicted molar refractivity (Wildman–Crippen MR) is 80.0 cm³/mol. The van der Waals surface area contributed by atoms with Gasteiger partial charge >= 0.3 is 0 Å². The molecule has 20 heavy (non-hydrogen) atoms. The quantitative estimate of drug-likeness (QED) is 0.831. The number of aromatic nitrogens is 1. The summed E-state index contributed by atoms with van der Waals surface area (Å²) in [6, 6.07) is 3.98. The molecular formula is C16H23N3O. The van der Waals surface area contributed by atoms with Gasteiger partial charge in [-0.2, -0.15) is 0 Å². The van der Waals surface area contributed by atoms with Crippen LogP contribution in [0.1, 0.15) is 43.1 Å². The normalized spacial score (nSPS) is 23.1. The fourth-order valence-corrected chi connectivity index (χ4v) is 3.24. The molecule has 0 N–H and O–H groups in total. The van der Waals surface area contributed by atoms with Crippen molar-refractivity contribution < 1.29 is 4.79 Å². The Bertz CT molecular complexity index is 482. The third-order valence-corrected chi connectivity index (χ3v) is 4.38. The van der Waals surface area contributed by atoms with Gasteiger partial charge < -0.3 is 9.80 Å². The summed E-state index contributed by atoms with van der Waals surface area (Å²) in [4.78, 5) is 21.2. The number of piperidine rings is 1. The van der Waals surface area contributed by atoms with Crippen molar-refractivity contribution in [3.05, 3.63) is 24.0 Å².